The fraction of sp³-hybridized carbons (Fsp3) is 0.261. The SMILES string of the molecule is Cc1ccc(NC(=O)NCc2ccc3c(c2)C(=O)N(C2CCCC(=O)NC2=O)C3=O)cc1Cl. The molecule has 0 spiro atoms. The highest BCUT2D eigenvalue weighted by Crippen LogP contribution is 2.28. The van der Waals surface area contributed by atoms with Crippen molar-refractivity contribution in [2.24, 2.45) is 0 Å². The van der Waals surface area contributed by atoms with Gasteiger partial charge in [-0.25, -0.2) is 4.79 Å². The predicted molar refractivity (Wildman–Crippen MR) is 120 cm³/mol. The number of fused-ring (bicyclic) bond motifs is 1. The molecule has 10 heteroatoms. The molecule has 0 aromatic heterocycles. The molecule has 0 radical (unpaired) electrons. The Hall–Kier alpha value is -3.72. The van der Waals surface area contributed by atoms with E-state index in [0.717, 1.165) is 10.5 Å². The first-order valence-corrected chi connectivity index (χ1v) is 10.8. The number of benzene rings is 2. The number of carbonyl (C=O) groups excluding carboxylic acids is 5. The van der Waals surface area contributed by atoms with Crippen LogP contribution in [0.4, 0.5) is 10.5 Å². The van der Waals surface area contributed by atoms with Crippen molar-refractivity contribution in [3.8, 4) is 0 Å². The second-order valence-corrected chi connectivity index (χ2v) is 8.36. The maximum absolute atomic E-state index is 13.0. The van der Waals surface area contributed by atoms with Gasteiger partial charge >= 0.3 is 6.03 Å². The van der Waals surface area contributed by atoms with Crippen LogP contribution in [0.3, 0.4) is 0 Å². The summed E-state index contributed by atoms with van der Waals surface area (Å²) in [5, 5.41) is 8.12. The summed E-state index contributed by atoms with van der Waals surface area (Å²) in [6.07, 6.45) is 0.783. The highest BCUT2D eigenvalue weighted by molar-refractivity contribution is 6.31. The first kappa shape index (κ1) is 22.5. The molecular formula is C23H21ClN4O5. The Kier molecular flexibility index (Phi) is 6.15. The Labute approximate surface area is 194 Å². The minimum absolute atomic E-state index is 0.110. The zero-order valence-corrected chi connectivity index (χ0v) is 18.5. The lowest BCUT2D eigenvalue weighted by Crippen LogP contribution is -2.49. The molecule has 1 atom stereocenters. The Bertz CT molecular complexity index is 1200. The summed E-state index contributed by atoms with van der Waals surface area (Å²) in [7, 11) is 0. The van der Waals surface area contributed by atoms with Crippen molar-refractivity contribution in [3.63, 3.8) is 0 Å². The number of rotatable bonds is 4. The van der Waals surface area contributed by atoms with E-state index in [1.807, 2.05) is 6.92 Å². The monoisotopic (exact) mass is 468 g/mol. The van der Waals surface area contributed by atoms with Gasteiger partial charge in [-0.15, -0.1) is 0 Å². The first-order valence-electron chi connectivity index (χ1n) is 10.4. The van der Waals surface area contributed by atoms with Gasteiger partial charge in [0, 0.05) is 23.7 Å². The van der Waals surface area contributed by atoms with Crippen LogP contribution in [0.5, 0.6) is 0 Å². The molecule has 2 aliphatic rings. The topological polar surface area (TPSA) is 125 Å². The molecule has 33 heavy (non-hydrogen) atoms. The van der Waals surface area contributed by atoms with Crippen molar-refractivity contribution < 1.29 is 24.0 Å². The van der Waals surface area contributed by atoms with Crippen molar-refractivity contribution in [1.82, 2.24) is 15.5 Å². The third-order valence-electron chi connectivity index (χ3n) is 5.62. The summed E-state index contributed by atoms with van der Waals surface area (Å²) in [4.78, 5) is 62.9. The van der Waals surface area contributed by atoms with Gasteiger partial charge < -0.3 is 10.6 Å². The van der Waals surface area contributed by atoms with Gasteiger partial charge in [-0.2, -0.15) is 0 Å². The Morgan fingerprint density at radius 3 is 2.61 bits per heavy atom. The van der Waals surface area contributed by atoms with Gasteiger partial charge in [-0.05, 0) is 55.2 Å². The van der Waals surface area contributed by atoms with Gasteiger partial charge in [-0.1, -0.05) is 23.7 Å². The molecule has 1 unspecified atom stereocenters. The first-order chi connectivity index (χ1) is 15.7. The van der Waals surface area contributed by atoms with Gasteiger partial charge in [-0.3, -0.25) is 29.4 Å². The molecule has 1 saturated heterocycles. The normalized spacial score (nSPS) is 18.0. The number of anilines is 1. The lowest BCUT2D eigenvalue weighted by atomic mass is 10.1. The zero-order valence-electron chi connectivity index (χ0n) is 17.7. The van der Waals surface area contributed by atoms with Gasteiger partial charge in [0.05, 0.1) is 11.1 Å². The minimum atomic E-state index is -1.03. The lowest BCUT2D eigenvalue weighted by molar-refractivity contribution is -0.131. The Balaban J connectivity index is 1.44. The highest BCUT2D eigenvalue weighted by Gasteiger charge is 2.43. The number of nitrogens with one attached hydrogen (secondary N) is 3. The van der Waals surface area contributed by atoms with E-state index >= 15 is 0 Å². The third-order valence-corrected chi connectivity index (χ3v) is 6.03. The number of aryl methyl sites for hydroxylation is 1. The molecule has 170 valence electrons. The van der Waals surface area contributed by atoms with Crippen LogP contribution in [0, 0.1) is 6.92 Å². The molecule has 2 aromatic carbocycles. The zero-order chi connectivity index (χ0) is 23.7. The Morgan fingerprint density at radius 1 is 1.09 bits per heavy atom. The molecule has 0 bridgehead atoms. The van der Waals surface area contributed by atoms with E-state index in [-0.39, 0.29) is 30.5 Å². The van der Waals surface area contributed by atoms with E-state index in [1.54, 1.807) is 24.3 Å². The maximum Gasteiger partial charge on any atom is 0.319 e. The van der Waals surface area contributed by atoms with Crippen LogP contribution in [0.25, 0.3) is 0 Å². The molecule has 0 saturated carbocycles. The largest absolute Gasteiger partial charge is 0.334 e. The van der Waals surface area contributed by atoms with Crippen molar-refractivity contribution >= 4 is 46.9 Å². The third kappa shape index (κ3) is 4.58. The van der Waals surface area contributed by atoms with E-state index in [1.165, 1.54) is 12.1 Å². The summed E-state index contributed by atoms with van der Waals surface area (Å²) in [6, 6.07) is 8.33. The average Bonchev–Trinajstić information content (AvgIpc) is 2.89. The summed E-state index contributed by atoms with van der Waals surface area (Å²) >= 11 is 6.07. The molecule has 9 nitrogen and oxygen atoms in total. The minimum Gasteiger partial charge on any atom is -0.334 e. The number of carbonyl (C=O) groups is 5. The van der Waals surface area contributed by atoms with Crippen LogP contribution in [0.1, 0.15) is 51.1 Å². The number of hydrogen-bond acceptors (Lipinski definition) is 5. The fourth-order valence-corrected chi connectivity index (χ4v) is 4.03. The van der Waals surface area contributed by atoms with Crippen LogP contribution < -0.4 is 16.0 Å². The van der Waals surface area contributed by atoms with Crippen LogP contribution >= 0.6 is 11.6 Å². The molecule has 0 aliphatic carbocycles. The molecular weight excluding hydrogens is 448 g/mol. The van der Waals surface area contributed by atoms with Crippen LogP contribution in [0.15, 0.2) is 36.4 Å². The van der Waals surface area contributed by atoms with E-state index in [0.29, 0.717) is 22.7 Å². The summed E-state index contributed by atoms with van der Waals surface area (Å²) in [6.45, 7) is 1.97. The van der Waals surface area contributed by atoms with Gasteiger partial charge in [0.1, 0.15) is 6.04 Å². The van der Waals surface area contributed by atoms with E-state index in [4.69, 9.17) is 11.6 Å². The molecule has 2 heterocycles. The van der Waals surface area contributed by atoms with Crippen molar-refractivity contribution in [1.29, 1.82) is 0 Å². The van der Waals surface area contributed by atoms with Crippen molar-refractivity contribution in [2.45, 2.75) is 38.8 Å². The number of nitrogens with zero attached hydrogens (tertiary/aromatic N) is 1. The highest BCUT2D eigenvalue weighted by atomic mass is 35.5. The van der Waals surface area contributed by atoms with E-state index in [2.05, 4.69) is 16.0 Å². The van der Waals surface area contributed by atoms with Crippen LogP contribution in [0.2, 0.25) is 5.02 Å². The quantitative estimate of drug-likeness (QED) is 0.595. The standard InChI is InChI=1S/C23H21ClN4O5/c1-12-5-7-14(10-17(12)24)26-23(33)25-11-13-6-8-15-16(9-13)22(32)28(21(15)31)18-3-2-4-19(29)27-20(18)30/h5-10,18H,2-4,11H2,1H3,(H2,25,26,33)(H,27,29,30). The summed E-state index contributed by atoms with van der Waals surface area (Å²) in [5.74, 6) is -2.23. The smallest absolute Gasteiger partial charge is 0.319 e. The van der Waals surface area contributed by atoms with E-state index < -0.39 is 35.7 Å². The van der Waals surface area contributed by atoms with E-state index in [9.17, 15) is 24.0 Å². The second-order valence-electron chi connectivity index (χ2n) is 7.95. The summed E-state index contributed by atoms with van der Waals surface area (Å²) < 4.78 is 0. The number of imide groups is 2. The Morgan fingerprint density at radius 2 is 1.85 bits per heavy atom. The van der Waals surface area contributed by atoms with Gasteiger partial charge in [0.15, 0.2) is 0 Å². The average molecular weight is 469 g/mol. The van der Waals surface area contributed by atoms with Crippen LogP contribution in [-0.2, 0) is 16.1 Å². The number of halogens is 1. The predicted octanol–water partition coefficient (Wildman–Crippen LogP) is 2.76. The van der Waals surface area contributed by atoms with Gasteiger partial charge in [0.2, 0.25) is 11.8 Å². The maximum atomic E-state index is 13.0. The molecule has 1 fully saturated rings. The molecule has 2 aliphatic heterocycles. The molecule has 4 rings (SSSR count). The number of hydrogen-bond donors (Lipinski definition) is 3. The molecule has 6 amide bonds. The van der Waals surface area contributed by atoms with Gasteiger partial charge in [0.25, 0.3) is 11.8 Å². The number of urea groups is 1. The van der Waals surface area contributed by atoms with Crippen molar-refractivity contribution in [3.05, 3.63) is 63.7 Å². The lowest BCUT2D eigenvalue weighted by Gasteiger charge is -2.22. The van der Waals surface area contributed by atoms with Crippen molar-refractivity contribution in [2.75, 3.05) is 5.32 Å². The second kappa shape index (κ2) is 9.03. The fourth-order valence-electron chi connectivity index (χ4n) is 3.84. The molecule has 2 aromatic rings. The molecule has 3 N–H and O–H groups in total. The van der Waals surface area contributed by atoms with Crippen LogP contribution in [-0.4, -0.2) is 40.6 Å². The number of amides is 6. The summed E-state index contributed by atoms with van der Waals surface area (Å²) in [5.41, 5.74) is 2.38.